The number of aliphatic hydroxyl groups excluding tert-OH is 1. The van der Waals surface area contributed by atoms with Crippen molar-refractivity contribution in [3.05, 3.63) is 27.4 Å². The van der Waals surface area contributed by atoms with Gasteiger partial charge in [-0.25, -0.2) is 0 Å². The highest BCUT2D eigenvalue weighted by Crippen LogP contribution is 2.37. The highest BCUT2D eigenvalue weighted by Gasteiger charge is 2.35. The first-order valence-electron chi connectivity index (χ1n) is 7.09. The summed E-state index contributed by atoms with van der Waals surface area (Å²) in [6, 6.07) is 1.45. The van der Waals surface area contributed by atoms with Crippen molar-refractivity contribution in [3.63, 3.8) is 0 Å². The summed E-state index contributed by atoms with van der Waals surface area (Å²) in [6.45, 7) is 4.41. The summed E-state index contributed by atoms with van der Waals surface area (Å²) in [5.74, 6) is 0.944. The van der Waals surface area contributed by atoms with Crippen molar-refractivity contribution in [2.45, 2.75) is 45.4 Å². The van der Waals surface area contributed by atoms with Gasteiger partial charge in [0, 0.05) is 18.2 Å². The van der Waals surface area contributed by atoms with Crippen molar-refractivity contribution in [2.75, 3.05) is 6.61 Å². The fourth-order valence-electron chi connectivity index (χ4n) is 2.66. The molecular weight excluding hydrogens is 276 g/mol. The minimum Gasteiger partial charge on any atom is -0.394 e. The Bertz CT molecular complexity index is 552. The molecule has 0 spiro atoms. The molecule has 1 aromatic rings. The maximum atomic E-state index is 11.3. The summed E-state index contributed by atoms with van der Waals surface area (Å²) in [4.78, 5) is 13.9. The second kappa shape index (κ2) is 6.65. The van der Waals surface area contributed by atoms with Crippen LogP contribution in [0.5, 0.6) is 0 Å². The van der Waals surface area contributed by atoms with E-state index in [-0.39, 0.29) is 24.5 Å². The molecule has 20 heavy (non-hydrogen) atoms. The van der Waals surface area contributed by atoms with Gasteiger partial charge in [-0.15, -0.1) is 0 Å². The van der Waals surface area contributed by atoms with Crippen LogP contribution in [0.2, 0.25) is 0 Å². The van der Waals surface area contributed by atoms with Crippen molar-refractivity contribution in [1.82, 2.24) is 9.55 Å². The van der Waals surface area contributed by atoms with Crippen LogP contribution < -0.4 is 5.56 Å². The standard InChI is InChI=1S/C14H22N2O3S/c1-9(2)3-4-10-7-11(8-17)19-13(10)16-6-5-12(18)15-14(16)20/h5-6,9-11,13,17H,3-4,7-8H2,1-2H3,(H,15,18,20)/t10-,11+,13-/m1/s1. The molecule has 2 rings (SSSR count). The normalized spacial score (nSPS) is 26.3. The van der Waals surface area contributed by atoms with E-state index in [4.69, 9.17) is 17.0 Å². The molecule has 6 heteroatoms. The van der Waals surface area contributed by atoms with Gasteiger partial charge in [0.2, 0.25) is 0 Å². The highest BCUT2D eigenvalue weighted by atomic mass is 32.1. The number of nitrogens with one attached hydrogen (secondary N) is 1. The minimum atomic E-state index is -0.207. The van der Waals surface area contributed by atoms with E-state index in [2.05, 4.69) is 18.8 Å². The third-order valence-corrected chi connectivity index (χ3v) is 4.06. The third-order valence-electron chi connectivity index (χ3n) is 3.74. The van der Waals surface area contributed by atoms with Gasteiger partial charge in [-0.2, -0.15) is 0 Å². The van der Waals surface area contributed by atoms with Gasteiger partial charge in [0.1, 0.15) is 6.23 Å². The largest absolute Gasteiger partial charge is 0.394 e. The average Bonchev–Trinajstić information content (AvgIpc) is 2.79. The van der Waals surface area contributed by atoms with E-state index in [0.717, 1.165) is 19.3 Å². The number of aromatic nitrogens is 2. The Morgan fingerprint density at radius 1 is 1.60 bits per heavy atom. The number of aliphatic hydroxyl groups is 1. The molecule has 1 saturated heterocycles. The number of nitrogens with zero attached hydrogens (tertiary/aromatic N) is 1. The van der Waals surface area contributed by atoms with Gasteiger partial charge in [0.05, 0.1) is 12.7 Å². The zero-order valence-corrected chi connectivity index (χ0v) is 12.7. The maximum Gasteiger partial charge on any atom is 0.251 e. The SMILES string of the molecule is CC(C)CC[C@@H]1C[C@@H](CO)O[C@H]1n1ccc(=O)[nH]c1=S. The van der Waals surface area contributed by atoms with Crippen LogP contribution in [0.25, 0.3) is 0 Å². The molecule has 0 aromatic carbocycles. The molecule has 3 atom stereocenters. The van der Waals surface area contributed by atoms with Crippen LogP contribution in [0.3, 0.4) is 0 Å². The van der Waals surface area contributed by atoms with Gasteiger partial charge in [-0.3, -0.25) is 14.3 Å². The predicted molar refractivity (Wildman–Crippen MR) is 79.1 cm³/mol. The Hall–Kier alpha value is -0.980. The van der Waals surface area contributed by atoms with Crippen LogP contribution in [0.15, 0.2) is 17.1 Å². The average molecular weight is 298 g/mol. The Morgan fingerprint density at radius 2 is 2.35 bits per heavy atom. The van der Waals surface area contributed by atoms with Crippen molar-refractivity contribution >= 4 is 12.2 Å². The van der Waals surface area contributed by atoms with E-state index in [9.17, 15) is 9.90 Å². The maximum absolute atomic E-state index is 11.3. The molecule has 1 fully saturated rings. The van der Waals surface area contributed by atoms with E-state index in [0.29, 0.717) is 16.6 Å². The fraction of sp³-hybridized carbons (Fsp3) is 0.714. The number of rotatable bonds is 5. The quantitative estimate of drug-likeness (QED) is 0.818. The van der Waals surface area contributed by atoms with Gasteiger partial charge in [-0.1, -0.05) is 20.3 Å². The summed E-state index contributed by atoms with van der Waals surface area (Å²) >= 11 is 5.20. The molecule has 1 aromatic heterocycles. The van der Waals surface area contributed by atoms with E-state index < -0.39 is 0 Å². The lowest BCUT2D eigenvalue weighted by molar-refractivity contribution is -0.0356. The lowest BCUT2D eigenvalue weighted by Gasteiger charge is -2.22. The van der Waals surface area contributed by atoms with Gasteiger partial charge in [0.25, 0.3) is 5.56 Å². The van der Waals surface area contributed by atoms with Crippen LogP contribution in [-0.2, 0) is 4.74 Å². The van der Waals surface area contributed by atoms with E-state index >= 15 is 0 Å². The van der Waals surface area contributed by atoms with Crippen LogP contribution in [0.1, 0.15) is 39.3 Å². The third kappa shape index (κ3) is 3.56. The second-order valence-corrected chi connectivity index (χ2v) is 6.20. The Labute approximate surface area is 123 Å². The molecule has 0 aliphatic carbocycles. The Balaban J connectivity index is 2.21. The lowest BCUT2D eigenvalue weighted by Crippen LogP contribution is -2.21. The number of aromatic amines is 1. The molecule has 1 aliphatic heterocycles. The first-order valence-corrected chi connectivity index (χ1v) is 7.50. The van der Waals surface area contributed by atoms with Crippen LogP contribution >= 0.6 is 12.2 Å². The second-order valence-electron chi connectivity index (χ2n) is 5.82. The molecule has 112 valence electrons. The summed E-state index contributed by atoms with van der Waals surface area (Å²) in [6.07, 6.45) is 4.29. The summed E-state index contributed by atoms with van der Waals surface area (Å²) in [5, 5.41) is 9.32. The van der Waals surface area contributed by atoms with Crippen LogP contribution in [0, 0.1) is 16.6 Å². The molecule has 0 saturated carbocycles. The van der Waals surface area contributed by atoms with Crippen LogP contribution in [0.4, 0.5) is 0 Å². The van der Waals surface area contributed by atoms with Gasteiger partial charge < -0.3 is 9.84 Å². The number of ether oxygens (including phenoxy) is 1. The highest BCUT2D eigenvalue weighted by molar-refractivity contribution is 7.71. The van der Waals surface area contributed by atoms with Crippen molar-refractivity contribution in [2.24, 2.45) is 11.8 Å². The predicted octanol–water partition coefficient (Wildman–Crippen LogP) is 2.24. The van der Waals surface area contributed by atoms with E-state index in [1.54, 1.807) is 10.8 Å². The fourth-order valence-corrected chi connectivity index (χ4v) is 2.93. The Kier molecular flexibility index (Phi) is 5.12. The molecule has 5 nitrogen and oxygen atoms in total. The van der Waals surface area contributed by atoms with E-state index in [1.807, 2.05) is 0 Å². The topological polar surface area (TPSA) is 67.2 Å². The first kappa shape index (κ1) is 15.4. The molecular formula is C14H22N2O3S. The number of hydrogen-bond acceptors (Lipinski definition) is 4. The molecule has 2 N–H and O–H groups in total. The summed E-state index contributed by atoms with van der Waals surface area (Å²) in [5.41, 5.74) is -0.207. The van der Waals surface area contributed by atoms with Crippen molar-refractivity contribution in [1.29, 1.82) is 0 Å². The first-order chi connectivity index (χ1) is 9.51. The molecule has 0 radical (unpaired) electrons. The smallest absolute Gasteiger partial charge is 0.251 e. The van der Waals surface area contributed by atoms with E-state index in [1.165, 1.54) is 6.07 Å². The lowest BCUT2D eigenvalue weighted by atomic mass is 9.93. The molecule has 0 bridgehead atoms. The molecule has 0 unspecified atom stereocenters. The molecule has 0 amide bonds. The van der Waals surface area contributed by atoms with Gasteiger partial charge in [-0.05, 0) is 31.0 Å². The molecule has 2 heterocycles. The van der Waals surface area contributed by atoms with Crippen LogP contribution in [-0.4, -0.2) is 27.4 Å². The van der Waals surface area contributed by atoms with Gasteiger partial charge in [0.15, 0.2) is 4.77 Å². The zero-order chi connectivity index (χ0) is 14.7. The zero-order valence-electron chi connectivity index (χ0n) is 11.9. The van der Waals surface area contributed by atoms with Crippen molar-refractivity contribution in [3.8, 4) is 0 Å². The number of H-pyrrole nitrogens is 1. The Morgan fingerprint density at radius 3 is 2.95 bits per heavy atom. The molecule has 1 aliphatic rings. The summed E-state index contributed by atoms with van der Waals surface area (Å²) < 4.78 is 8.05. The number of hydrogen-bond donors (Lipinski definition) is 2. The van der Waals surface area contributed by atoms with Crippen molar-refractivity contribution < 1.29 is 9.84 Å². The summed E-state index contributed by atoms with van der Waals surface area (Å²) in [7, 11) is 0. The van der Waals surface area contributed by atoms with Gasteiger partial charge >= 0.3 is 0 Å². The monoisotopic (exact) mass is 298 g/mol. The minimum absolute atomic E-state index is 0.0192.